The minimum atomic E-state index is -0.304. The number of benzene rings is 2. The first kappa shape index (κ1) is 24.0. The second-order valence-corrected chi connectivity index (χ2v) is 8.91. The van der Waals surface area contributed by atoms with Crippen molar-refractivity contribution in [2.75, 3.05) is 25.0 Å². The molecule has 1 aliphatic rings. The van der Waals surface area contributed by atoms with Crippen molar-refractivity contribution in [2.45, 2.75) is 39.2 Å². The van der Waals surface area contributed by atoms with Crippen molar-refractivity contribution in [3.05, 3.63) is 65.3 Å². The molecule has 1 fully saturated rings. The van der Waals surface area contributed by atoms with Crippen LogP contribution in [0.15, 0.2) is 54.7 Å². The molecule has 0 saturated carbocycles. The summed E-state index contributed by atoms with van der Waals surface area (Å²) in [5.41, 5.74) is 3.59. The fraction of sp³-hybridized carbons (Fsp3) is 0.346. The highest BCUT2D eigenvalue weighted by Crippen LogP contribution is 2.26. The van der Waals surface area contributed by atoms with Crippen molar-refractivity contribution >= 4 is 29.4 Å². The van der Waals surface area contributed by atoms with E-state index in [-0.39, 0.29) is 24.5 Å². The molecule has 0 aliphatic carbocycles. The highest BCUT2D eigenvalue weighted by molar-refractivity contribution is 6.30. The van der Waals surface area contributed by atoms with Crippen molar-refractivity contribution < 1.29 is 14.3 Å². The van der Waals surface area contributed by atoms with E-state index in [1.165, 1.54) is 0 Å². The number of nitrogens with zero attached hydrogens (tertiary/aromatic N) is 3. The Hall–Kier alpha value is -3.16. The zero-order chi connectivity index (χ0) is 24.1. The number of anilines is 1. The van der Waals surface area contributed by atoms with E-state index in [0.717, 1.165) is 29.7 Å². The molecule has 2 heterocycles. The van der Waals surface area contributed by atoms with Crippen LogP contribution in [0.5, 0.6) is 0 Å². The van der Waals surface area contributed by atoms with Gasteiger partial charge in [0.1, 0.15) is 6.54 Å². The van der Waals surface area contributed by atoms with E-state index in [1.807, 2.05) is 54.1 Å². The summed E-state index contributed by atoms with van der Waals surface area (Å²) in [5, 5.41) is 3.55. The highest BCUT2D eigenvalue weighted by atomic mass is 35.5. The van der Waals surface area contributed by atoms with Crippen molar-refractivity contribution in [3.63, 3.8) is 0 Å². The molecule has 34 heavy (non-hydrogen) atoms. The third kappa shape index (κ3) is 5.85. The van der Waals surface area contributed by atoms with Gasteiger partial charge in [0.2, 0.25) is 17.8 Å². The molecule has 1 aromatic heterocycles. The number of rotatable bonds is 8. The summed E-state index contributed by atoms with van der Waals surface area (Å²) in [4.78, 5) is 31.8. The fourth-order valence-electron chi connectivity index (χ4n) is 3.98. The van der Waals surface area contributed by atoms with Crippen LogP contribution in [-0.4, -0.2) is 52.1 Å². The second kappa shape index (κ2) is 10.8. The maximum atomic E-state index is 13.0. The molecule has 2 aromatic carbocycles. The van der Waals surface area contributed by atoms with Gasteiger partial charge in [0.25, 0.3) is 0 Å². The van der Waals surface area contributed by atoms with Crippen LogP contribution in [0, 0.1) is 6.92 Å². The lowest BCUT2D eigenvalue weighted by Crippen LogP contribution is -2.42. The van der Waals surface area contributed by atoms with Crippen molar-refractivity contribution in [1.82, 2.24) is 14.5 Å². The Morgan fingerprint density at radius 3 is 2.56 bits per heavy atom. The second-order valence-electron chi connectivity index (χ2n) is 8.47. The summed E-state index contributed by atoms with van der Waals surface area (Å²) in [7, 11) is 0. The van der Waals surface area contributed by atoms with E-state index in [1.54, 1.807) is 24.0 Å². The van der Waals surface area contributed by atoms with Crippen LogP contribution in [0.1, 0.15) is 31.7 Å². The van der Waals surface area contributed by atoms with Crippen molar-refractivity contribution in [2.24, 2.45) is 0 Å². The molecular weight excluding hydrogens is 452 g/mol. The third-order valence-corrected chi connectivity index (χ3v) is 6.10. The first-order valence-corrected chi connectivity index (χ1v) is 11.9. The summed E-state index contributed by atoms with van der Waals surface area (Å²) in [6.45, 7) is 4.89. The number of ether oxygens (including phenoxy) is 1. The SMILES string of the molecule is CCC(=O)N(CC(=O)Nc1nc(-c2ccc(Cl)cc2)cn1-c1ccc(C)cc1)CC1CCCO1. The predicted molar refractivity (Wildman–Crippen MR) is 133 cm³/mol. The quantitative estimate of drug-likeness (QED) is 0.499. The summed E-state index contributed by atoms with van der Waals surface area (Å²) >= 11 is 6.04. The number of hydrogen-bond donors (Lipinski definition) is 1. The first-order chi connectivity index (χ1) is 16.4. The standard InChI is InChI=1S/C26H29ClN4O3/c1-3-25(33)30(15-22-5-4-14-34-22)17-24(32)29-26-28-23(19-8-10-20(27)11-9-19)16-31(26)21-12-6-18(2)7-13-21/h6-13,16,22H,3-5,14-15,17H2,1-2H3,(H,28,29,32). The Kier molecular flexibility index (Phi) is 7.65. The minimum Gasteiger partial charge on any atom is -0.376 e. The van der Waals surface area contributed by atoms with Gasteiger partial charge in [-0.25, -0.2) is 4.98 Å². The summed E-state index contributed by atoms with van der Waals surface area (Å²) in [6.07, 6.45) is 4.07. The average molecular weight is 481 g/mol. The Balaban J connectivity index is 1.58. The predicted octanol–water partition coefficient (Wildman–Crippen LogP) is 4.86. The van der Waals surface area contributed by atoms with Gasteiger partial charge in [-0.05, 0) is 44.0 Å². The molecule has 7 nitrogen and oxygen atoms in total. The number of carbonyl (C=O) groups is 2. The molecule has 0 spiro atoms. The Morgan fingerprint density at radius 2 is 1.91 bits per heavy atom. The zero-order valence-electron chi connectivity index (χ0n) is 19.5. The van der Waals surface area contributed by atoms with Crippen LogP contribution in [0.3, 0.4) is 0 Å². The molecule has 178 valence electrons. The van der Waals surface area contributed by atoms with Crippen LogP contribution in [0.4, 0.5) is 5.95 Å². The lowest BCUT2D eigenvalue weighted by molar-refractivity contribution is -0.135. The Bertz CT molecular complexity index is 1140. The lowest BCUT2D eigenvalue weighted by Gasteiger charge is -2.24. The van der Waals surface area contributed by atoms with Crippen LogP contribution >= 0.6 is 11.6 Å². The van der Waals surface area contributed by atoms with Gasteiger partial charge in [0.15, 0.2) is 0 Å². The maximum absolute atomic E-state index is 13.0. The molecule has 0 radical (unpaired) electrons. The van der Waals surface area contributed by atoms with E-state index in [2.05, 4.69) is 10.3 Å². The number of aryl methyl sites for hydroxylation is 1. The van der Waals surface area contributed by atoms with E-state index in [4.69, 9.17) is 16.3 Å². The van der Waals surface area contributed by atoms with Gasteiger partial charge in [-0.15, -0.1) is 0 Å². The largest absolute Gasteiger partial charge is 0.376 e. The van der Waals surface area contributed by atoms with Gasteiger partial charge >= 0.3 is 0 Å². The first-order valence-electron chi connectivity index (χ1n) is 11.5. The Labute approximate surface area is 204 Å². The van der Waals surface area contributed by atoms with Gasteiger partial charge in [-0.1, -0.05) is 48.4 Å². The van der Waals surface area contributed by atoms with E-state index in [9.17, 15) is 9.59 Å². The highest BCUT2D eigenvalue weighted by Gasteiger charge is 2.24. The number of imidazole rings is 1. The average Bonchev–Trinajstić information content (AvgIpc) is 3.49. The molecule has 1 saturated heterocycles. The van der Waals surface area contributed by atoms with Gasteiger partial charge in [0, 0.05) is 42.0 Å². The summed E-state index contributed by atoms with van der Waals surface area (Å²) in [6, 6.07) is 15.3. The molecular formula is C26H29ClN4O3. The molecule has 2 amide bonds. The normalized spacial score (nSPS) is 15.3. The molecule has 0 bridgehead atoms. The summed E-state index contributed by atoms with van der Waals surface area (Å²) in [5.74, 6) is 0.00983. The van der Waals surface area contributed by atoms with Gasteiger partial charge in [0.05, 0.1) is 11.8 Å². The van der Waals surface area contributed by atoms with Crippen LogP contribution < -0.4 is 5.32 Å². The summed E-state index contributed by atoms with van der Waals surface area (Å²) < 4.78 is 7.51. The maximum Gasteiger partial charge on any atom is 0.246 e. The number of halogens is 1. The monoisotopic (exact) mass is 480 g/mol. The van der Waals surface area contributed by atoms with E-state index < -0.39 is 0 Å². The molecule has 1 N–H and O–H groups in total. The van der Waals surface area contributed by atoms with Crippen LogP contribution in [-0.2, 0) is 14.3 Å². The fourth-order valence-corrected chi connectivity index (χ4v) is 4.11. The topological polar surface area (TPSA) is 76.5 Å². The number of carbonyl (C=O) groups excluding carboxylic acids is 2. The molecule has 1 atom stereocenters. The van der Waals surface area contributed by atoms with Crippen molar-refractivity contribution in [3.8, 4) is 16.9 Å². The number of hydrogen-bond acceptors (Lipinski definition) is 4. The van der Waals surface area contributed by atoms with Gasteiger partial charge in [-0.2, -0.15) is 0 Å². The lowest BCUT2D eigenvalue weighted by atomic mass is 10.2. The molecule has 4 rings (SSSR count). The smallest absolute Gasteiger partial charge is 0.246 e. The molecule has 1 aliphatic heterocycles. The van der Waals surface area contributed by atoms with E-state index in [0.29, 0.717) is 36.2 Å². The van der Waals surface area contributed by atoms with Crippen molar-refractivity contribution in [1.29, 1.82) is 0 Å². The number of amides is 2. The zero-order valence-corrected chi connectivity index (χ0v) is 20.2. The number of aromatic nitrogens is 2. The van der Waals surface area contributed by atoms with Gasteiger partial charge < -0.3 is 9.64 Å². The third-order valence-electron chi connectivity index (χ3n) is 5.85. The molecule has 1 unspecified atom stereocenters. The molecule has 8 heteroatoms. The molecule has 3 aromatic rings. The Morgan fingerprint density at radius 1 is 1.18 bits per heavy atom. The van der Waals surface area contributed by atoms with Gasteiger partial charge in [-0.3, -0.25) is 19.5 Å². The van der Waals surface area contributed by atoms with Crippen LogP contribution in [0.25, 0.3) is 16.9 Å². The minimum absolute atomic E-state index is 0.0191. The number of nitrogens with one attached hydrogen (secondary N) is 1. The van der Waals surface area contributed by atoms with Crippen LogP contribution in [0.2, 0.25) is 5.02 Å². The van der Waals surface area contributed by atoms with E-state index >= 15 is 0 Å².